The summed E-state index contributed by atoms with van der Waals surface area (Å²) in [4.78, 5) is 7.01. The number of para-hydroxylation sites is 1. The fourth-order valence-corrected chi connectivity index (χ4v) is 3.42. The Balaban J connectivity index is 1.67. The molecular formula is C21H24N4. The van der Waals surface area contributed by atoms with Gasteiger partial charge in [0.1, 0.15) is 11.9 Å². The van der Waals surface area contributed by atoms with Gasteiger partial charge in [-0.15, -0.1) is 0 Å². The van der Waals surface area contributed by atoms with E-state index in [1.807, 2.05) is 24.3 Å². The Morgan fingerprint density at radius 1 is 1.24 bits per heavy atom. The SMILES string of the molecule is C=Cc1nc(NC2CCN(c3ccccc3C#N)CC2)c(C)cc1C. The number of aryl methyl sites for hydroxylation is 2. The van der Waals surface area contributed by atoms with Crippen molar-refractivity contribution in [1.29, 1.82) is 5.26 Å². The third kappa shape index (κ3) is 3.66. The van der Waals surface area contributed by atoms with Gasteiger partial charge in [-0.25, -0.2) is 4.98 Å². The van der Waals surface area contributed by atoms with Crippen molar-refractivity contribution < 1.29 is 0 Å². The molecule has 1 aliphatic rings. The van der Waals surface area contributed by atoms with Crippen LogP contribution in [-0.2, 0) is 0 Å². The highest BCUT2D eigenvalue weighted by Crippen LogP contribution is 2.26. The molecule has 128 valence electrons. The number of nitriles is 1. The van der Waals surface area contributed by atoms with E-state index in [1.54, 1.807) is 6.08 Å². The highest BCUT2D eigenvalue weighted by Gasteiger charge is 2.21. The summed E-state index contributed by atoms with van der Waals surface area (Å²) < 4.78 is 0. The van der Waals surface area contributed by atoms with Gasteiger partial charge in [-0.3, -0.25) is 0 Å². The first-order chi connectivity index (χ1) is 12.1. The van der Waals surface area contributed by atoms with E-state index in [1.165, 1.54) is 5.56 Å². The Labute approximate surface area is 149 Å². The predicted octanol–water partition coefficient (Wildman–Crippen LogP) is 4.29. The maximum absolute atomic E-state index is 9.29. The van der Waals surface area contributed by atoms with E-state index in [4.69, 9.17) is 4.98 Å². The van der Waals surface area contributed by atoms with E-state index in [9.17, 15) is 5.26 Å². The fraction of sp³-hybridized carbons (Fsp3) is 0.333. The number of anilines is 2. The van der Waals surface area contributed by atoms with E-state index in [0.717, 1.165) is 54.3 Å². The van der Waals surface area contributed by atoms with Gasteiger partial charge in [0.25, 0.3) is 0 Å². The van der Waals surface area contributed by atoms with Crippen molar-refractivity contribution in [2.75, 3.05) is 23.3 Å². The first-order valence-corrected chi connectivity index (χ1v) is 8.73. The Bertz CT molecular complexity index is 811. The van der Waals surface area contributed by atoms with Gasteiger partial charge in [0.15, 0.2) is 0 Å². The molecular weight excluding hydrogens is 308 g/mol. The molecule has 1 aromatic heterocycles. The molecule has 2 heterocycles. The lowest BCUT2D eigenvalue weighted by Crippen LogP contribution is -2.39. The molecule has 0 saturated carbocycles. The second kappa shape index (κ2) is 7.40. The highest BCUT2D eigenvalue weighted by molar-refractivity contribution is 5.60. The molecule has 1 aliphatic heterocycles. The van der Waals surface area contributed by atoms with Crippen LogP contribution in [0.2, 0.25) is 0 Å². The Hall–Kier alpha value is -2.80. The van der Waals surface area contributed by atoms with Gasteiger partial charge in [-0.05, 0) is 56.0 Å². The number of piperidine rings is 1. The third-order valence-electron chi connectivity index (χ3n) is 4.84. The zero-order chi connectivity index (χ0) is 17.8. The quantitative estimate of drug-likeness (QED) is 0.907. The Morgan fingerprint density at radius 2 is 1.96 bits per heavy atom. The number of hydrogen-bond acceptors (Lipinski definition) is 4. The van der Waals surface area contributed by atoms with Gasteiger partial charge in [0, 0.05) is 19.1 Å². The van der Waals surface area contributed by atoms with Gasteiger partial charge in [-0.1, -0.05) is 24.8 Å². The number of nitrogens with one attached hydrogen (secondary N) is 1. The second-order valence-electron chi connectivity index (χ2n) is 6.59. The minimum Gasteiger partial charge on any atom is -0.370 e. The van der Waals surface area contributed by atoms with Crippen molar-refractivity contribution in [1.82, 2.24) is 4.98 Å². The first-order valence-electron chi connectivity index (χ1n) is 8.73. The molecule has 0 amide bonds. The van der Waals surface area contributed by atoms with Gasteiger partial charge < -0.3 is 10.2 Å². The van der Waals surface area contributed by atoms with Crippen LogP contribution < -0.4 is 10.2 Å². The van der Waals surface area contributed by atoms with E-state index < -0.39 is 0 Å². The summed E-state index contributed by atoms with van der Waals surface area (Å²) in [5, 5.41) is 12.9. The minimum atomic E-state index is 0.400. The van der Waals surface area contributed by atoms with Crippen molar-refractivity contribution in [2.24, 2.45) is 0 Å². The summed E-state index contributed by atoms with van der Waals surface area (Å²) in [5.41, 5.74) is 5.05. The van der Waals surface area contributed by atoms with Crippen molar-refractivity contribution in [3.63, 3.8) is 0 Å². The monoisotopic (exact) mass is 332 g/mol. The molecule has 0 bridgehead atoms. The van der Waals surface area contributed by atoms with Crippen LogP contribution >= 0.6 is 0 Å². The molecule has 3 rings (SSSR count). The summed E-state index contributed by atoms with van der Waals surface area (Å²) in [6, 6.07) is 12.7. The molecule has 1 N–H and O–H groups in total. The lowest BCUT2D eigenvalue weighted by molar-refractivity contribution is 0.525. The summed E-state index contributed by atoms with van der Waals surface area (Å²) >= 11 is 0. The maximum Gasteiger partial charge on any atom is 0.129 e. The lowest BCUT2D eigenvalue weighted by Gasteiger charge is -2.34. The largest absolute Gasteiger partial charge is 0.370 e. The number of hydrogen-bond donors (Lipinski definition) is 1. The lowest BCUT2D eigenvalue weighted by atomic mass is 10.0. The number of aromatic nitrogens is 1. The summed E-state index contributed by atoms with van der Waals surface area (Å²) in [5.74, 6) is 0.955. The molecule has 4 nitrogen and oxygen atoms in total. The second-order valence-corrected chi connectivity index (χ2v) is 6.59. The summed E-state index contributed by atoms with van der Waals surface area (Å²) in [7, 11) is 0. The van der Waals surface area contributed by atoms with Crippen LogP contribution in [0, 0.1) is 25.2 Å². The topological polar surface area (TPSA) is 52.0 Å². The summed E-state index contributed by atoms with van der Waals surface area (Å²) in [6.45, 7) is 9.88. The van der Waals surface area contributed by atoms with E-state index in [-0.39, 0.29) is 0 Å². The molecule has 0 unspecified atom stereocenters. The number of pyridine rings is 1. The van der Waals surface area contributed by atoms with Crippen molar-refractivity contribution >= 4 is 17.6 Å². The smallest absolute Gasteiger partial charge is 0.129 e. The minimum absolute atomic E-state index is 0.400. The molecule has 0 spiro atoms. The molecule has 2 aromatic rings. The molecule has 4 heteroatoms. The average molecular weight is 332 g/mol. The van der Waals surface area contributed by atoms with Crippen molar-refractivity contribution in [3.05, 3.63) is 59.3 Å². The molecule has 1 fully saturated rings. The highest BCUT2D eigenvalue weighted by atomic mass is 15.2. The Kier molecular flexibility index (Phi) is 5.04. The maximum atomic E-state index is 9.29. The molecule has 1 saturated heterocycles. The normalized spacial score (nSPS) is 14.8. The van der Waals surface area contributed by atoms with Crippen molar-refractivity contribution in [2.45, 2.75) is 32.7 Å². The van der Waals surface area contributed by atoms with Crippen LogP contribution in [0.25, 0.3) is 6.08 Å². The zero-order valence-corrected chi connectivity index (χ0v) is 14.9. The van der Waals surface area contributed by atoms with Gasteiger partial charge in [-0.2, -0.15) is 5.26 Å². The zero-order valence-electron chi connectivity index (χ0n) is 14.9. The van der Waals surface area contributed by atoms with E-state index in [2.05, 4.69) is 42.8 Å². The van der Waals surface area contributed by atoms with Crippen LogP contribution in [0.5, 0.6) is 0 Å². The standard InChI is InChI=1S/C21H24N4/c1-4-19-15(2)13-16(3)21(24-19)23-18-9-11-25(12-10-18)20-8-6-5-7-17(20)14-22/h4-8,13,18H,1,9-12H2,2-3H3,(H,23,24). The van der Waals surface area contributed by atoms with Gasteiger partial charge in [0.05, 0.1) is 16.9 Å². The van der Waals surface area contributed by atoms with E-state index in [0.29, 0.717) is 6.04 Å². The predicted molar refractivity (Wildman–Crippen MR) is 104 cm³/mol. The first kappa shape index (κ1) is 17.0. The van der Waals surface area contributed by atoms with Crippen molar-refractivity contribution in [3.8, 4) is 6.07 Å². The Morgan fingerprint density at radius 3 is 2.64 bits per heavy atom. The van der Waals surface area contributed by atoms with Crippen LogP contribution in [0.1, 0.15) is 35.2 Å². The average Bonchev–Trinajstić information content (AvgIpc) is 2.64. The molecule has 1 aromatic carbocycles. The molecule has 0 radical (unpaired) electrons. The van der Waals surface area contributed by atoms with Crippen LogP contribution in [0.3, 0.4) is 0 Å². The van der Waals surface area contributed by atoms with Crippen LogP contribution in [0.15, 0.2) is 36.9 Å². The number of rotatable bonds is 4. The number of benzene rings is 1. The van der Waals surface area contributed by atoms with Crippen LogP contribution in [-0.4, -0.2) is 24.1 Å². The van der Waals surface area contributed by atoms with Crippen LogP contribution in [0.4, 0.5) is 11.5 Å². The third-order valence-corrected chi connectivity index (χ3v) is 4.84. The number of nitrogens with zero attached hydrogens (tertiary/aromatic N) is 3. The van der Waals surface area contributed by atoms with E-state index >= 15 is 0 Å². The van der Waals surface area contributed by atoms with Gasteiger partial charge in [0.2, 0.25) is 0 Å². The molecule has 25 heavy (non-hydrogen) atoms. The fourth-order valence-electron chi connectivity index (χ4n) is 3.42. The van der Waals surface area contributed by atoms with Gasteiger partial charge >= 0.3 is 0 Å². The molecule has 0 atom stereocenters. The summed E-state index contributed by atoms with van der Waals surface area (Å²) in [6.07, 6.45) is 3.86. The molecule has 0 aliphatic carbocycles.